The van der Waals surface area contributed by atoms with Crippen LogP contribution in [0.1, 0.15) is 34.5 Å². The standard InChI is InChI=1S/C25H27FN4O5/c1-34-9-10-35-23-13-21-18(11-19(23)26)24(29-28-21)22(32)12-20(27)15-4-6-16(7-5-15)25(33)30-8-2-3-17(30)14-31/h4-7,11-13,17,27,31-32H,2-3,8-10,14H2,1H3,(H,28,29)/b22-12-,27-20?/t17-/m0/s1. The van der Waals surface area contributed by atoms with E-state index in [9.17, 15) is 19.4 Å². The molecule has 9 nitrogen and oxygen atoms in total. The highest BCUT2D eigenvalue weighted by atomic mass is 19.1. The van der Waals surface area contributed by atoms with E-state index in [0.717, 1.165) is 12.8 Å². The predicted molar refractivity (Wildman–Crippen MR) is 128 cm³/mol. The minimum Gasteiger partial charge on any atom is -0.506 e. The molecule has 4 rings (SSSR count). The van der Waals surface area contributed by atoms with Gasteiger partial charge in [0.05, 0.1) is 30.5 Å². The van der Waals surface area contributed by atoms with Crippen LogP contribution in [0.2, 0.25) is 0 Å². The van der Waals surface area contributed by atoms with Crippen molar-refractivity contribution in [3.05, 3.63) is 65.1 Å². The number of ether oxygens (including phenoxy) is 2. The van der Waals surface area contributed by atoms with Crippen LogP contribution in [0.25, 0.3) is 16.7 Å². The summed E-state index contributed by atoms with van der Waals surface area (Å²) in [7, 11) is 1.52. The van der Waals surface area contributed by atoms with E-state index in [2.05, 4.69) is 10.2 Å². The summed E-state index contributed by atoms with van der Waals surface area (Å²) in [6.07, 6.45) is 2.86. The maximum absolute atomic E-state index is 14.5. The van der Waals surface area contributed by atoms with Gasteiger partial charge in [0.1, 0.15) is 18.1 Å². The molecule has 0 spiro atoms. The number of hydrogen-bond donors (Lipinski definition) is 4. The number of H-pyrrole nitrogens is 1. The average molecular weight is 483 g/mol. The number of hydrogen-bond acceptors (Lipinski definition) is 7. The van der Waals surface area contributed by atoms with Crippen LogP contribution in [0.4, 0.5) is 4.39 Å². The first-order valence-corrected chi connectivity index (χ1v) is 11.2. The van der Waals surface area contributed by atoms with Crippen molar-refractivity contribution in [1.82, 2.24) is 15.1 Å². The number of amides is 1. The molecule has 184 valence electrons. The number of halogens is 1. The van der Waals surface area contributed by atoms with Crippen molar-refractivity contribution in [3.8, 4) is 5.75 Å². The lowest BCUT2D eigenvalue weighted by Gasteiger charge is -2.23. The molecule has 1 aliphatic rings. The highest BCUT2D eigenvalue weighted by Crippen LogP contribution is 2.28. The van der Waals surface area contributed by atoms with E-state index in [1.807, 2.05) is 0 Å². The number of aromatic amines is 1. The first-order chi connectivity index (χ1) is 16.9. The lowest BCUT2D eigenvalue weighted by molar-refractivity contribution is 0.0677. The third kappa shape index (κ3) is 5.18. The van der Waals surface area contributed by atoms with Crippen LogP contribution in [0.5, 0.6) is 5.75 Å². The second-order valence-corrected chi connectivity index (χ2v) is 8.24. The van der Waals surface area contributed by atoms with Gasteiger partial charge in [-0.3, -0.25) is 9.89 Å². The van der Waals surface area contributed by atoms with Gasteiger partial charge in [-0.05, 0) is 36.6 Å². The minimum absolute atomic E-state index is 0.00736. The maximum Gasteiger partial charge on any atom is 0.254 e. The van der Waals surface area contributed by atoms with Crippen molar-refractivity contribution in [2.75, 3.05) is 33.5 Å². The Kier molecular flexibility index (Phi) is 7.42. The molecule has 4 N–H and O–H groups in total. The number of carbonyl (C=O) groups excluding carboxylic acids is 1. The van der Waals surface area contributed by atoms with Gasteiger partial charge in [-0.1, -0.05) is 12.1 Å². The Labute approximate surface area is 201 Å². The van der Waals surface area contributed by atoms with Gasteiger partial charge in [-0.2, -0.15) is 5.10 Å². The fourth-order valence-electron chi connectivity index (χ4n) is 4.10. The Bertz CT molecular complexity index is 1250. The highest BCUT2D eigenvalue weighted by molar-refractivity contribution is 6.10. The summed E-state index contributed by atoms with van der Waals surface area (Å²) in [4.78, 5) is 14.4. The maximum atomic E-state index is 14.5. The number of carbonyl (C=O) groups is 1. The molecule has 10 heteroatoms. The molecule has 0 radical (unpaired) electrons. The van der Waals surface area contributed by atoms with Crippen molar-refractivity contribution in [1.29, 1.82) is 5.41 Å². The molecule has 1 saturated heterocycles. The number of aliphatic hydroxyl groups excluding tert-OH is 2. The van der Waals surface area contributed by atoms with Crippen LogP contribution in [-0.4, -0.2) is 76.4 Å². The molecule has 0 aliphatic carbocycles. The van der Waals surface area contributed by atoms with Crippen LogP contribution in [-0.2, 0) is 4.74 Å². The smallest absolute Gasteiger partial charge is 0.254 e. The van der Waals surface area contributed by atoms with Crippen LogP contribution in [0, 0.1) is 11.2 Å². The Morgan fingerprint density at radius 1 is 1.29 bits per heavy atom. The van der Waals surface area contributed by atoms with Gasteiger partial charge in [0, 0.05) is 36.7 Å². The number of nitrogens with one attached hydrogen (secondary N) is 2. The molecule has 1 aliphatic heterocycles. The quantitative estimate of drug-likeness (QED) is 0.210. The van der Waals surface area contributed by atoms with E-state index in [1.54, 1.807) is 29.2 Å². The highest BCUT2D eigenvalue weighted by Gasteiger charge is 2.28. The molecule has 0 bridgehead atoms. The number of aromatic nitrogens is 2. The van der Waals surface area contributed by atoms with Crippen molar-refractivity contribution in [3.63, 3.8) is 0 Å². The molecular weight excluding hydrogens is 455 g/mol. The number of fused-ring (bicyclic) bond motifs is 1. The van der Waals surface area contributed by atoms with Gasteiger partial charge < -0.3 is 30.0 Å². The summed E-state index contributed by atoms with van der Waals surface area (Å²) in [5.74, 6) is -1.04. The number of rotatable bonds is 9. The average Bonchev–Trinajstić information content (AvgIpc) is 3.50. The lowest BCUT2D eigenvalue weighted by Crippen LogP contribution is -2.37. The third-order valence-electron chi connectivity index (χ3n) is 5.98. The largest absolute Gasteiger partial charge is 0.506 e. The predicted octanol–water partition coefficient (Wildman–Crippen LogP) is 3.29. The first kappa shape index (κ1) is 24.4. The molecule has 35 heavy (non-hydrogen) atoms. The van der Waals surface area contributed by atoms with Gasteiger partial charge in [0.25, 0.3) is 5.91 Å². The lowest BCUT2D eigenvalue weighted by atomic mass is 10.0. The van der Waals surface area contributed by atoms with Crippen molar-refractivity contribution < 1.29 is 28.9 Å². The molecule has 2 aromatic carbocycles. The zero-order valence-electron chi connectivity index (χ0n) is 19.3. The molecule has 1 fully saturated rings. The summed E-state index contributed by atoms with van der Waals surface area (Å²) >= 11 is 0. The Morgan fingerprint density at radius 3 is 2.74 bits per heavy atom. The zero-order chi connectivity index (χ0) is 24.9. The number of benzene rings is 2. The number of nitrogens with zero attached hydrogens (tertiary/aromatic N) is 2. The Morgan fingerprint density at radius 2 is 2.03 bits per heavy atom. The molecule has 0 saturated carbocycles. The fourth-order valence-corrected chi connectivity index (χ4v) is 4.10. The van der Waals surface area contributed by atoms with Gasteiger partial charge >= 0.3 is 0 Å². The van der Waals surface area contributed by atoms with Crippen LogP contribution in [0.15, 0.2) is 42.5 Å². The van der Waals surface area contributed by atoms with E-state index in [0.29, 0.717) is 35.2 Å². The third-order valence-corrected chi connectivity index (χ3v) is 5.98. The second-order valence-electron chi connectivity index (χ2n) is 8.24. The van der Waals surface area contributed by atoms with Crippen molar-refractivity contribution >= 4 is 28.3 Å². The minimum atomic E-state index is -0.610. The summed E-state index contributed by atoms with van der Waals surface area (Å²) in [6.45, 7) is 1.05. The molecule has 3 aromatic rings. The van der Waals surface area contributed by atoms with Crippen LogP contribution >= 0.6 is 0 Å². The number of aliphatic hydroxyl groups is 2. The fraction of sp³-hybridized carbons (Fsp3) is 0.320. The van der Waals surface area contributed by atoms with Gasteiger partial charge in [-0.25, -0.2) is 4.39 Å². The van der Waals surface area contributed by atoms with E-state index < -0.39 is 5.82 Å². The van der Waals surface area contributed by atoms with E-state index in [4.69, 9.17) is 14.9 Å². The summed E-state index contributed by atoms with van der Waals surface area (Å²) in [6, 6.07) is 8.98. The second kappa shape index (κ2) is 10.7. The molecular formula is C25H27FN4O5. The number of methoxy groups -OCH3 is 1. The first-order valence-electron chi connectivity index (χ1n) is 11.2. The Balaban J connectivity index is 1.50. The normalized spacial score (nSPS) is 16.1. The van der Waals surface area contributed by atoms with E-state index in [1.165, 1.54) is 25.3 Å². The van der Waals surface area contributed by atoms with E-state index >= 15 is 0 Å². The van der Waals surface area contributed by atoms with Gasteiger partial charge in [-0.15, -0.1) is 0 Å². The number of likely N-dealkylation sites (tertiary alicyclic amines) is 1. The Hall–Kier alpha value is -3.76. The molecule has 0 unspecified atom stereocenters. The van der Waals surface area contributed by atoms with Crippen LogP contribution in [0.3, 0.4) is 0 Å². The molecule has 1 amide bonds. The summed E-state index contributed by atoms with van der Waals surface area (Å²) in [5, 5.41) is 35.5. The zero-order valence-corrected chi connectivity index (χ0v) is 19.3. The number of allylic oxidation sites excluding steroid dienone is 1. The molecule has 1 atom stereocenters. The SMILES string of the molecule is COCCOc1cc2[nH]nc(/C(O)=C/C(=N)c3ccc(C(=O)N4CCC[C@H]4CO)cc3)c2cc1F. The monoisotopic (exact) mass is 482 g/mol. The van der Waals surface area contributed by atoms with Crippen LogP contribution < -0.4 is 4.74 Å². The summed E-state index contributed by atoms with van der Waals surface area (Å²) in [5.41, 5.74) is 1.50. The van der Waals surface area contributed by atoms with Gasteiger partial charge in [0.15, 0.2) is 11.6 Å². The molecule has 2 heterocycles. The molecule has 1 aromatic heterocycles. The van der Waals surface area contributed by atoms with E-state index in [-0.39, 0.29) is 48.1 Å². The van der Waals surface area contributed by atoms with Crippen molar-refractivity contribution in [2.24, 2.45) is 0 Å². The van der Waals surface area contributed by atoms with Crippen molar-refractivity contribution in [2.45, 2.75) is 18.9 Å². The van der Waals surface area contributed by atoms with Gasteiger partial charge in [0.2, 0.25) is 0 Å². The topological polar surface area (TPSA) is 132 Å². The summed E-state index contributed by atoms with van der Waals surface area (Å²) < 4.78 is 24.7.